The fourth-order valence-corrected chi connectivity index (χ4v) is 0.668. The van der Waals surface area contributed by atoms with Crippen molar-refractivity contribution in [3.8, 4) is 0 Å². The number of aliphatic hydroxyl groups excluding tert-OH is 1. The molecule has 1 unspecified atom stereocenters. The molecule has 0 amide bonds. The Labute approximate surface area is 121 Å². The first-order valence-electron chi connectivity index (χ1n) is 5.46. The molecular formula is C11H19O9P. The van der Waals surface area contributed by atoms with Crippen molar-refractivity contribution in [1.82, 2.24) is 0 Å². The zero-order valence-electron chi connectivity index (χ0n) is 11.7. The van der Waals surface area contributed by atoms with Gasteiger partial charge in [0, 0.05) is 11.1 Å². The molecule has 0 heterocycles. The summed E-state index contributed by atoms with van der Waals surface area (Å²) in [6.45, 7) is 9.12. The van der Waals surface area contributed by atoms with Crippen LogP contribution < -0.4 is 0 Å². The van der Waals surface area contributed by atoms with Crippen LogP contribution in [0.2, 0.25) is 0 Å². The quantitative estimate of drug-likeness (QED) is 0.292. The molecule has 0 saturated carbocycles. The van der Waals surface area contributed by atoms with E-state index in [9.17, 15) is 9.59 Å². The van der Waals surface area contributed by atoms with Crippen molar-refractivity contribution >= 4 is 19.8 Å². The molecule has 10 heteroatoms. The van der Waals surface area contributed by atoms with Gasteiger partial charge in [0.1, 0.15) is 6.61 Å². The van der Waals surface area contributed by atoms with E-state index in [2.05, 4.69) is 13.2 Å². The molecule has 0 aromatic rings. The minimum Gasteiger partial charge on any atom is -0.458 e. The second-order valence-corrected chi connectivity index (χ2v) is 4.91. The van der Waals surface area contributed by atoms with Crippen LogP contribution in [0.3, 0.4) is 0 Å². The Balaban J connectivity index is 0. The summed E-state index contributed by atoms with van der Waals surface area (Å²) in [6, 6.07) is 0. The first kappa shape index (κ1) is 21.8. The highest BCUT2D eigenvalue weighted by Crippen LogP contribution is 2.25. The Hall–Kier alpha value is -1.51. The van der Waals surface area contributed by atoms with E-state index < -0.39 is 32.5 Å². The van der Waals surface area contributed by atoms with Gasteiger partial charge < -0.3 is 29.3 Å². The molecule has 21 heavy (non-hydrogen) atoms. The summed E-state index contributed by atoms with van der Waals surface area (Å²) < 4.78 is 18.4. The predicted molar refractivity (Wildman–Crippen MR) is 71.8 cm³/mol. The highest BCUT2D eigenvalue weighted by atomic mass is 31.2. The van der Waals surface area contributed by atoms with E-state index in [1.54, 1.807) is 0 Å². The van der Waals surface area contributed by atoms with E-state index in [4.69, 9.17) is 33.8 Å². The minimum atomic E-state index is -4.64. The first-order chi connectivity index (χ1) is 9.38. The van der Waals surface area contributed by atoms with Crippen LogP contribution in [0.25, 0.3) is 0 Å². The Bertz CT molecular complexity index is 429. The molecule has 0 spiro atoms. The van der Waals surface area contributed by atoms with E-state index in [0.29, 0.717) is 0 Å². The molecule has 0 fully saturated rings. The third-order valence-electron chi connectivity index (χ3n) is 1.57. The van der Waals surface area contributed by atoms with E-state index in [1.165, 1.54) is 13.8 Å². The Kier molecular flexibility index (Phi) is 10.6. The molecule has 122 valence electrons. The maximum Gasteiger partial charge on any atom is 0.466 e. The van der Waals surface area contributed by atoms with Gasteiger partial charge in [-0.15, -0.1) is 0 Å². The second-order valence-electron chi connectivity index (χ2n) is 3.88. The first-order valence-corrected chi connectivity index (χ1v) is 7.03. The van der Waals surface area contributed by atoms with Crippen LogP contribution in [-0.4, -0.2) is 51.0 Å². The monoisotopic (exact) mass is 326 g/mol. The van der Waals surface area contributed by atoms with Gasteiger partial charge in [-0.3, -0.25) is 0 Å². The van der Waals surface area contributed by atoms with E-state index in [0.717, 1.165) is 0 Å². The van der Waals surface area contributed by atoms with Crippen LogP contribution in [0.4, 0.5) is 0 Å². The van der Waals surface area contributed by atoms with Crippen molar-refractivity contribution in [2.24, 2.45) is 0 Å². The van der Waals surface area contributed by atoms with Crippen LogP contribution in [0.1, 0.15) is 13.8 Å². The number of aliphatic hydroxyl groups is 1. The standard InChI is InChI=1S/C11H16O5.H3O4P/c1-7(2)10(13)15-6-9(5-12)16-11(14)8(3)4;1-5(2,3)4/h9,12H,1,3,5-6H2,2,4H3;(H3,1,2,3,4). The lowest BCUT2D eigenvalue weighted by Crippen LogP contribution is -2.28. The molecule has 0 saturated heterocycles. The average Bonchev–Trinajstić information content (AvgIpc) is 2.31. The Morgan fingerprint density at radius 1 is 1.10 bits per heavy atom. The Morgan fingerprint density at radius 2 is 1.48 bits per heavy atom. The lowest BCUT2D eigenvalue weighted by atomic mass is 10.3. The number of hydrogen-bond acceptors (Lipinski definition) is 6. The molecule has 0 aromatic carbocycles. The molecule has 0 radical (unpaired) electrons. The van der Waals surface area contributed by atoms with Gasteiger partial charge in [-0.05, 0) is 13.8 Å². The van der Waals surface area contributed by atoms with Gasteiger partial charge in [0.25, 0.3) is 0 Å². The van der Waals surface area contributed by atoms with Crippen molar-refractivity contribution in [3.05, 3.63) is 24.3 Å². The third-order valence-corrected chi connectivity index (χ3v) is 1.57. The SMILES string of the molecule is C=C(C)C(=O)OCC(CO)OC(=O)C(=C)C.O=P(O)(O)O. The maximum atomic E-state index is 11.1. The summed E-state index contributed by atoms with van der Waals surface area (Å²) >= 11 is 0. The molecule has 1 atom stereocenters. The molecule has 0 aliphatic carbocycles. The van der Waals surface area contributed by atoms with Gasteiger partial charge in [-0.2, -0.15) is 0 Å². The van der Waals surface area contributed by atoms with E-state index in [1.807, 2.05) is 0 Å². The minimum absolute atomic E-state index is 0.207. The van der Waals surface area contributed by atoms with Crippen LogP contribution in [0, 0.1) is 0 Å². The molecule has 0 rings (SSSR count). The number of ether oxygens (including phenoxy) is 2. The highest BCUT2D eigenvalue weighted by Gasteiger charge is 2.16. The molecular weight excluding hydrogens is 307 g/mol. The summed E-state index contributed by atoms with van der Waals surface area (Å²) in [5.74, 6) is -1.23. The lowest BCUT2D eigenvalue weighted by Gasteiger charge is -2.15. The zero-order valence-corrected chi connectivity index (χ0v) is 12.6. The average molecular weight is 326 g/mol. The van der Waals surface area contributed by atoms with E-state index in [-0.39, 0.29) is 17.8 Å². The van der Waals surface area contributed by atoms with Crippen LogP contribution in [0.15, 0.2) is 24.3 Å². The Morgan fingerprint density at radius 3 is 1.76 bits per heavy atom. The number of carbonyl (C=O) groups is 2. The lowest BCUT2D eigenvalue weighted by molar-refractivity contribution is -0.156. The van der Waals surface area contributed by atoms with Gasteiger partial charge in [-0.1, -0.05) is 13.2 Å². The number of esters is 2. The normalized spacial score (nSPS) is 11.5. The summed E-state index contributed by atoms with van der Waals surface area (Å²) in [7, 11) is -4.64. The molecule has 0 bridgehead atoms. The van der Waals surface area contributed by atoms with Gasteiger partial charge in [-0.25, -0.2) is 14.2 Å². The largest absolute Gasteiger partial charge is 0.466 e. The molecule has 0 aliphatic heterocycles. The molecule has 9 nitrogen and oxygen atoms in total. The van der Waals surface area contributed by atoms with Crippen LogP contribution in [0.5, 0.6) is 0 Å². The zero-order chi connectivity index (χ0) is 17.2. The van der Waals surface area contributed by atoms with Crippen molar-refractivity contribution in [2.75, 3.05) is 13.2 Å². The van der Waals surface area contributed by atoms with Crippen LogP contribution in [-0.2, 0) is 23.6 Å². The fraction of sp³-hybridized carbons (Fsp3) is 0.455. The summed E-state index contributed by atoms with van der Waals surface area (Å²) in [6.07, 6.45) is -0.882. The summed E-state index contributed by atoms with van der Waals surface area (Å²) in [5.41, 5.74) is 0.451. The highest BCUT2D eigenvalue weighted by molar-refractivity contribution is 7.45. The maximum absolute atomic E-state index is 11.1. The van der Waals surface area contributed by atoms with Gasteiger partial charge in [0.05, 0.1) is 6.61 Å². The van der Waals surface area contributed by atoms with Crippen molar-refractivity contribution in [3.63, 3.8) is 0 Å². The fourth-order valence-electron chi connectivity index (χ4n) is 0.668. The number of phosphoric acid groups is 1. The number of hydrogen-bond donors (Lipinski definition) is 4. The van der Waals surface area contributed by atoms with Gasteiger partial charge in [0.15, 0.2) is 6.10 Å². The van der Waals surface area contributed by atoms with Gasteiger partial charge in [0.2, 0.25) is 0 Å². The molecule has 0 aromatic heterocycles. The van der Waals surface area contributed by atoms with Crippen molar-refractivity contribution in [2.45, 2.75) is 20.0 Å². The topological polar surface area (TPSA) is 151 Å². The summed E-state index contributed by atoms with van der Waals surface area (Å²) in [5, 5.41) is 8.89. The molecule has 0 aliphatic rings. The summed E-state index contributed by atoms with van der Waals surface area (Å²) in [4.78, 5) is 43.7. The second kappa shape index (κ2) is 10.3. The smallest absolute Gasteiger partial charge is 0.458 e. The number of carbonyl (C=O) groups excluding carboxylic acids is 2. The van der Waals surface area contributed by atoms with Crippen molar-refractivity contribution < 1.29 is 43.4 Å². The number of rotatable bonds is 6. The van der Waals surface area contributed by atoms with Gasteiger partial charge >= 0.3 is 19.8 Å². The predicted octanol–water partition coefficient (Wildman–Crippen LogP) is -0.343. The van der Waals surface area contributed by atoms with Crippen LogP contribution >= 0.6 is 7.82 Å². The van der Waals surface area contributed by atoms with Crippen molar-refractivity contribution in [1.29, 1.82) is 0 Å². The third kappa shape index (κ3) is 16.4. The van der Waals surface area contributed by atoms with E-state index >= 15 is 0 Å². The molecule has 4 N–H and O–H groups in total.